The van der Waals surface area contributed by atoms with Crippen molar-refractivity contribution in [3.63, 3.8) is 0 Å². The van der Waals surface area contributed by atoms with Crippen LogP contribution in [0, 0.1) is 5.92 Å². The van der Waals surface area contributed by atoms with Crippen molar-refractivity contribution >= 4 is 17.2 Å². The van der Waals surface area contributed by atoms with Gasteiger partial charge in [-0.3, -0.25) is 4.79 Å². The lowest BCUT2D eigenvalue weighted by Gasteiger charge is -2.27. The second-order valence-corrected chi connectivity index (χ2v) is 5.25. The monoisotopic (exact) mass is 238 g/mol. The Morgan fingerprint density at radius 1 is 1.69 bits per heavy atom. The molecule has 3 nitrogen and oxygen atoms in total. The molecule has 1 aliphatic rings. The van der Waals surface area contributed by atoms with Crippen molar-refractivity contribution in [1.82, 2.24) is 10.6 Å². The lowest BCUT2D eigenvalue weighted by atomic mass is 9.99. The topological polar surface area (TPSA) is 41.1 Å². The minimum atomic E-state index is 0.187. The van der Waals surface area contributed by atoms with Gasteiger partial charge < -0.3 is 10.6 Å². The molecule has 1 amide bonds. The van der Waals surface area contributed by atoms with Gasteiger partial charge in [-0.25, -0.2) is 0 Å². The molecule has 0 spiro atoms. The molecule has 0 bridgehead atoms. The first-order valence-corrected chi connectivity index (χ1v) is 6.71. The van der Waals surface area contributed by atoms with Gasteiger partial charge >= 0.3 is 0 Å². The third kappa shape index (κ3) is 2.83. The summed E-state index contributed by atoms with van der Waals surface area (Å²) in [6, 6.07) is 4.31. The summed E-state index contributed by atoms with van der Waals surface area (Å²) < 4.78 is 0. The summed E-state index contributed by atoms with van der Waals surface area (Å²) in [4.78, 5) is 13.0. The zero-order valence-corrected chi connectivity index (χ0v) is 10.3. The second kappa shape index (κ2) is 5.46. The summed E-state index contributed by atoms with van der Waals surface area (Å²) in [6.07, 6.45) is 1.62. The van der Waals surface area contributed by atoms with Gasteiger partial charge in [-0.05, 0) is 36.9 Å². The van der Waals surface area contributed by atoms with Crippen LogP contribution in [0.4, 0.5) is 0 Å². The van der Waals surface area contributed by atoms with Crippen molar-refractivity contribution in [3.05, 3.63) is 22.4 Å². The Labute approximate surface area is 100 Å². The summed E-state index contributed by atoms with van der Waals surface area (Å²) >= 11 is 1.71. The van der Waals surface area contributed by atoms with E-state index in [1.165, 1.54) is 4.88 Å². The van der Waals surface area contributed by atoms with Crippen LogP contribution in [0.25, 0.3) is 0 Å². The Hall–Kier alpha value is -0.870. The van der Waals surface area contributed by atoms with E-state index < -0.39 is 0 Å². The first-order chi connectivity index (χ1) is 7.79. The highest BCUT2D eigenvalue weighted by Gasteiger charge is 2.21. The molecule has 4 heteroatoms. The van der Waals surface area contributed by atoms with Crippen molar-refractivity contribution in [2.45, 2.75) is 25.8 Å². The van der Waals surface area contributed by atoms with Gasteiger partial charge in [0.25, 0.3) is 0 Å². The summed E-state index contributed by atoms with van der Waals surface area (Å²) in [5.74, 6) is 0.729. The molecule has 0 radical (unpaired) electrons. The molecule has 2 rings (SSSR count). The minimum absolute atomic E-state index is 0.187. The van der Waals surface area contributed by atoms with E-state index in [0.29, 0.717) is 12.3 Å². The molecular weight excluding hydrogens is 220 g/mol. The van der Waals surface area contributed by atoms with E-state index in [9.17, 15) is 4.79 Å². The highest BCUT2D eigenvalue weighted by Crippen LogP contribution is 2.22. The van der Waals surface area contributed by atoms with Gasteiger partial charge in [0.2, 0.25) is 5.91 Å². The molecule has 1 unspecified atom stereocenters. The van der Waals surface area contributed by atoms with Crippen molar-refractivity contribution in [2.75, 3.05) is 13.1 Å². The molecule has 1 aromatic rings. The Kier molecular flexibility index (Phi) is 3.96. The van der Waals surface area contributed by atoms with Crippen molar-refractivity contribution in [2.24, 2.45) is 5.92 Å². The molecular formula is C12H18N2OS. The number of hydrogen-bond donors (Lipinski definition) is 2. The van der Waals surface area contributed by atoms with Crippen LogP contribution in [0.2, 0.25) is 0 Å². The maximum absolute atomic E-state index is 11.8. The van der Waals surface area contributed by atoms with E-state index in [0.717, 1.165) is 19.5 Å². The van der Waals surface area contributed by atoms with Crippen LogP contribution in [-0.4, -0.2) is 19.0 Å². The van der Waals surface area contributed by atoms with E-state index in [1.807, 2.05) is 6.07 Å². The molecule has 1 aromatic heterocycles. The van der Waals surface area contributed by atoms with Crippen LogP contribution in [0.1, 0.15) is 30.7 Å². The molecule has 2 N–H and O–H groups in total. The predicted molar refractivity (Wildman–Crippen MR) is 66.5 cm³/mol. The zero-order chi connectivity index (χ0) is 11.4. The maximum atomic E-state index is 11.8. The normalized spacial score (nSPS) is 17.8. The van der Waals surface area contributed by atoms with Gasteiger partial charge in [0.1, 0.15) is 0 Å². The van der Waals surface area contributed by atoms with Crippen LogP contribution in [0.5, 0.6) is 0 Å². The second-order valence-electron chi connectivity index (χ2n) is 4.27. The van der Waals surface area contributed by atoms with E-state index in [4.69, 9.17) is 0 Å². The molecule has 1 saturated heterocycles. The quantitative estimate of drug-likeness (QED) is 0.823. The van der Waals surface area contributed by atoms with E-state index in [2.05, 4.69) is 29.0 Å². The molecule has 0 aliphatic carbocycles. The highest BCUT2D eigenvalue weighted by atomic mass is 32.1. The van der Waals surface area contributed by atoms with E-state index >= 15 is 0 Å². The van der Waals surface area contributed by atoms with Crippen LogP contribution >= 0.6 is 11.3 Å². The first kappa shape index (κ1) is 11.6. The fraction of sp³-hybridized carbons (Fsp3) is 0.583. The Morgan fingerprint density at radius 2 is 2.50 bits per heavy atom. The van der Waals surface area contributed by atoms with Crippen LogP contribution in [0.15, 0.2) is 17.5 Å². The third-order valence-electron chi connectivity index (χ3n) is 2.97. The Morgan fingerprint density at radius 3 is 3.00 bits per heavy atom. The SMILES string of the molecule is CCC(NC(=O)CC1CNC1)c1cccs1. The average Bonchev–Trinajstić information content (AvgIpc) is 2.73. The summed E-state index contributed by atoms with van der Waals surface area (Å²) in [5.41, 5.74) is 0. The zero-order valence-electron chi connectivity index (χ0n) is 9.53. The Balaban J connectivity index is 1.83. The van der Waals surface area contributed by atoms with Crippen molar-refractivity contribution < 1.29 is 4.79 Å². The summed E-state index contributed by atoms with van der Waals surface area (Å²) in [6.45, 7) is 4.09. The van der Waals surface area contributed by atoms with Gasteiger partial charge in [-0.15, -0.1) is 11.3 Å². The van der Waals surface area contributed by atoms with Gasteiger partial charge in [0.05, 0.1) is 6.04 Å². The first-order valence-electron chi connectivity index (χ1n) is 5.83. The summed E-state index contributed by atoms with van der Waals surface area (Å²) in [5, 5.41) is 8.35. The number of nitrogens with one attached hydrogen (secondary N) is 2. The average molecular weight is 238 g/mol. The lowest BCUT2D eigenvalue weighted by molar-refractivity contribution is -0.123. The van der Waals surface area contributed by atoms with Crippen LogP contribution < -0.4 is 10.6 Å². The molecule has 88 valence electrons. The summed E-state index contributed by atoms with van der Waals surface area (Å²) in [7, 11) is 0. The third-order valence-corrected chi connectivity index (χ3v) is 3.96. The largest absolute Gasteiger partial charge is 0.348 e. The van der Waals surface area contributed by atoms with Crippen molar-refractivity contribution in [1.29, 1.82) is 0 Å². The molecule has 16 heavy (non-hydrogen) atoms. The van der Waals surface area contributed by atoms with Gasteiger partial charge in [-0.2, -0.15) is 0 Å². The van der Waals surface area contributed by atoms with Gasteiger partial charge in [0.15, 0.2) is 0 Å². The standard InChI is InChI=1S/C12H18N2OS/c1-2-10(11-4-3-5-16-11)14-12(15)6-9-7-13-8-9/h3-5,9-10,13H,2,6-8H2,1H3,(H,14,15). The fourth-order valence-electron chi connectivity index (χ4n) is 1.87. The van der Waals surface area contributed by atoms with Crippen molar-refractivity contribution in [3.8, 4) is 0 Å². The van der Waals surface area contributed by atoms with E-state index in [-0.39, 0.29) is 11.9 Å². The van der Waals surface area contributed by atoms with Gasteiger partial charge in [0, 0.05) is 11.3 Å². The predicted octanol–water partition coefficient (Wildman–Crippen LogP) is 1.92. The number of rotatable bonds is 5. The molecule has 0 saturated carbocycles. The number of hydrogen-bond acceptors (Lipinski definition) is 3. The number of amides is 1. The molecule has 2 heterocycles. The Bertz CT molecular complexity index is 333. The highest BCUT2D eigenvalue weighted by molar-refractivity contribution is 7.10. The molecule has 1 atom stereocenters. The lowest BCUT2D eigenvalue weighted by Crippen LogP contribution is -2.44. The molecule has 0 aromatic carbocycles. The molecule has 1 fully saturated rings. The smallest absolute Gasteiger partial charge is 0.220 e. The fourth-order valence-corrected chi connectivity index (χ4v) is 2.73. The minimum Gasteiger partial charge on any atom is -0.348 e. The molecule has 1 aliphatic heterocycles. The van der Waals surface area contributed by atoms with Crippen LogP contribution in [-0.2, 0) is 4.79 Å². The van der Waals surface area contributed by atoms with Crippen LogP contribution in [0.3, 0.4) is 0 Å². The number of thiophene rings is 1. The number of carbonyl (C=O) groups excluding carboxylic acids is 1. The van der Waals surface area contributed by atoms with E-state index in [1.54, 1.807) is 11.3 Å². The van der Waals surface area contributed by atoms with Gasteiger partial charge in [-0.1, -0.05) is 13.0 Å². The number of carbonyl (C=O) groups is 1. The maximum Gasteiger partial charge on any atom is 0.220 e.